The number of Topliss-reactive ketones (excluding diaryl/α,β-unsaturated/α-hetero) is 1. The van der Waals surface area contributed by atoms with Gasteiger partial charge in [0.15, 0.2) is 23.8 Å². The van der Waals surface area contributed by atoms with Crippen LogP contribution >= 0.6 is 12.2 Å². The molecule has 3 fully saturated rings. The lowest BCUT2D eigenvalue weighted by atomic mass is 9.80. The second kappa shape index (κ2) is 40.3. The number of alkyl halides is 13. The third-order valence-corrected chi connectivity index (χ3v) is 21.8. The molecule has 2 N–H and O–H groups in total. The predicted molar refractivity (Wildman–Crippen MR) is 410 cm³/mol. The number of fused-ring (bicyclic) bond motifs is 2. The second-order valence-electron chi connectivity index (χ2n) is 29.7. The van der Waals surface area contributed by atoms with Gasteiger partial charge in [0.05, 0.1) is 23.3 Å². The smallest absolute Gasteiger partial charge is 0.486 e. The number of piperidine rings is 2. The molecule has 2 spiro atoms. The van der Waals surface area contributed by atoms with Gasteiger partial charge in [-0.15, -0.1) is 22.4 Å². The third kappa shape index (κ3) is 27.2. The molecule has 6 heterocycles. The normalized spacial score (nSPS) is 16.6. The molecule has 120 heavy (non-hydrogen) atoms. The van der Waals surface area contributed by atoms with Gasteiger partial charge in [-0.1, -0.05) is 48.5 Å². The predicted octanol–water partition coefficient (Wildman–Crippen LogP) is 13.8. The Hall–Kier alpha value is -9.05. The van der Waals surface area contributed by atoms with Crippen LogP contribution in [0, 0.1) is 0 Å². The van der Waals surface area contributed by atoms with Gasteiger partial charge < -0.3 is 71.6 Å². The summed E-state index contributed by atoms with van der Waals surface area (Å²) in [6.45, 7) is 23.5. The topological polar surface area (TPSA) is 325 Å². The zero-order chi connectivity index (χ0) is 90.3. The molecule has 0 atom stereocenters. The Morgan fingerprint density at radius 1 is 0.608 bits per heavy atom. The summed E-state index contributed by atoms with van der Waals surface area (Å²) in [5, 5.41) is 17.8. The summed E-state index contributed by atoms with van der Waals surface area (Å²) < 4.78 is 259. The monoisotopic (exact) mass is 1780 g/mol. The average Bonchev–Trinajstić information content (AvgIpc) is 1.13. The number of aromatic nitrogens is 1. The molecule has 5 aliphatic rings. The van der Waals surface area contributed by atoms with E-state index in [-0.39, 0.29) is 84.0 Å². The van der Waals surface area contributed by atoms with Crippen LogP contribution in [0.4, 0.5) is 72.4 Å². The Labute approximate surface area is 689 Å². The van der Waals surface area contributed by atoms with E-state index >= 15 is 0 Å². The average molecular weight is 1780 g/mol. The van der Waals surface area contributed by atoms with Gasteiger partial charge in [-0.05, 0) is 157 Å². The van der Waals surface area contributed by atoms with Gasteiger partial charge in [0.25, 0.3) is 11.8 Å². The van der Waals surface area contributed by atoms with Gasteiger partial charge >= 0.3 is 77.2 Å². The van der Waals surface area contributed by atoms with Crippen LogP contribution in [0.25, 0.3) is 5.76 Å². The molecular weight excluding hydrogens is 1690 g/mol. The molecular formula is C74H91B2F13N6O22S3. The van der Waals surface area contributed by atoms with Crippen molar-refractivity contribution in [2.45, 2.75) is 193 Å². The van der Waals surface area contributed by atoms with Gasteiger partial charge in [-0.25, -0.2) is 9.59 Å². The van der Waals surface area contributed by atoms with E-state index in [2.05, 4.69) is 27.9 Å². The molecule has 4 aromatic carbocycles. The first-order valence-electron chi connectivity index (χ1n) is 36.8. The van der Waals surface area contributed by atoms with Gasteiger partial charge in [0.2, 0.25) is 0 Å². The van der Waals surface area contributed by atoms with Crippen molar-refractivity contribution in [3.8, 4) is 23.0 Å². The first-order chi connectivity index (χ1) is 55.4. The number of amides is 4. The molecule has 664 valence electrons. The molecule has 0 unspecified atom stereocenters. The number of benzene rings is 4. The minimum absolute atomic E-state index is 0.0323. The second-order valence-corrected chi connectivity index (χ2v) is 33.9. The van der Waals surface area contributed by atoms with E-state index < -0.39 is 138 Å². The number of rotatable bonds is 19. The quantitative estimate of drug-likeness (QED) is 0.0113. The minimum Gasteiger partial charge on any atom is -0.486 e. The number of hydrogen-bond donors (Lipinski definition) is 2. The maximum Gasteiger partial charge on any atom is 0.550 e. The molecule has 46 heteroatoms. The van der Waals surface area contributed by atoms with Crippen LogP contribution in [0.1, 0.15) is 166 Å². The molecule has 0 aliphatic carbocycles. The van der Waals surface area contributed by atoms with E-state index in [0.717, 1.165) is 29.7 Å². The number of halogens is 13. The number of para-hydroxylation sites is 1. The Morgan fingerprint density at radius 2 is 1.07 bits per heavy atom. The van der Waals surface area contributed by atoms with Crippen LogP contribution < -0.4 is 33.6 Å². The van der Waals surface area contributed by atoms with E-state index in [4.69, 9.17) is 38.3 Å². The van der Waals surface area contributed by atoms with Gasteiger partial charge in [0.1, 0.15) is 62.2 Å². The zero-order valence-electron chi connectivity index (χ0n) is 67.4. The number of carbonyl (C=O) groups is 5. The largest absolute Gasteiger partial charge is 0.550 e. The number of hydrogen-bond acceptors (Lipinski definition) is 24. The number of pyridine rings is 1. The van der Waals surface area contributed by atoms with E-state index in [9.17, 15) is 97.9 Å². The number of ether oxygens (including phenoxy) is 6. The summed E-state index contributed by atoms with van der Waals surface area (Å²) in [5.41, 5.74) is -14.5. The Balaban J connectivity index is 0.000000238. The number of carbonyl (C=O) groups excluding carboxylic acids is 5. The standard InChI is InChI=1S/C20H22F5NO7S.C19H23F2NO5.C16H25BN2O3.C11H16BNO3.C8H5F6NO4S2/c1-18(2,3)32-17(27)26-9-7-19(8-10-26)11-14(33-34(28,29)20(23,24)25)15-12(30-16(21)22)5-4-6-13(15)31-19;1-18(2,3)27-17(24)22-9-7-19(8-10-22)11-12(23)15-13(25-16(20)21)5-4-6-14(15)26-19;1-7-19(8-2)14(20)13-10-9-12(11-18-13)17-21-15(3,4)16(5,6)22-17;1-3-13(4-2)11(14)9-5-7-10(8-6-9)12(15)16;9-7(10,11)18-19-20-15(6-4-2-1-3-5-6)21(16,17)8(12,13)14/h4-6,11,16H,7-10H2,1-3H3;4-6,16H,7-11H2,1-3H3;9-11H,7-8H2,1-6H3;5-8,15-16H,3-4H2,1-2H3;1-5H. The fraction of sp³-hybridized carbons (Fsp3) is 0.514. The summed E-state index contributed by atoms with van der Waals surface area (Å²) in [6, 6.07) is 23.4. The SMILES string of the molecule is CC(C)(C)OC(=O)N1CCC2(C=C(OS(=O)(=O)C(F)(F)F)c3c(OC(F)F)cccc3O2)CC1.CC(C)(C)OC(=O)N1CCC2(CC1)CC(=O)c1c(OC(F)F)cccc1O2.CCN(CC)C(=O)c1ccc(B(O)O)cc1.CCN(CC)C(=O)c1ccc(B2OC(C)(C)C(C)(C)O2)cn1.O=S(=O)(N(SOOC(F)(F)F)c1ccccc1)C(F)(F)F. The highest BCUT2D eigenvalue weighted by atomic mass is 32.3. The fourth-order valence-electron chi connectivity index (χ4n) is 11.6. The van der Waals surface area contributed by atoms with E-state index in [0.29, 0.717) is 68.8 Å². The molecule has 0 bridgehead atoms. The molecule has 1 aromatic heterocycles. The Kier molecular flexibility index (Phi) is 33.5. The van der Waals surface area contributed by atoms with Crippen molar-refractivity contribution >= 4 is 98.8 Å². The van der Waals surface area contributed by atoms with Crippen molar-refractivity contribution in [3.05, 3.63) is 138 Å². The van der Waals surface area contributed by atoms with Gasteiger partial charge in [-0.2, -0.15) is 64.5 Å². The maximum absolute atomic E-state index is 13.0. The highest BCUT2D eigenvalue weighted by Gasteiger charge is 2.55. The van der Waals surface area contributed by atoms with E-state index in [1.165, 1.54) is 47.4 Å². The van der Waals surface area contributed by atoms with E-state index in [1.54, 1.807) is 98.8 Å². The summed E-state index contributed by atoms with van der Waals surface area (Å²) in [7, 11) is -14.1. The number of likely N-dealkylation sites (tertiary alicyclic amines) is 2. The van der Waals surface area contributed by atoms with Crippen LogP contribution in [0.5, 0.6) is 23.0 Å². The minimum atomic E-state index is -6.14. The van der Waals surface area contributed by atoms with Crippen molar-refractivity contribution in [2.24, 2.45) is 0 Å². The third-order valence-electron chi connectivity index (χ3n) is 18.3. The van der Waals surface area contributed by atoms with Crippen LogP contribution in [0.15, 0.2) is 115 Å². The highest BCUT2D eigenvalue weighted by molar-refractivity contribution is 8.12. The summed E-state index contributed by atoms with van der Waals surface area (Å²) in [4.78, 5) is 74.8. The van der Waals surface area contributed by atoms with E-state index in [1.807, 2.05) is 61.5 Å². The first kappa shape index (κ1) is 99.8. The van der Waals surface area contributed by atoms with Crippen molar-refractivity contribution < 1.29 is 159 Å². The maximum atomic E-state index is 13.0. The van der Waals surface area contributed by atoms with Crippen molar-refractivity contribution in [1.82, 2.24) is 24.6 Å². The van der Waals surface area contributed by atoms with Crippen molar-refractivity contribution in [2.75, 3.05) is 56.1 Å². The summed E-state index contributed by atoms with van der Waals surface area (Å²) in [5.74, 6) is -2.01. The number of sulfonamides is 1. The molecule has 4 amide bonds. The first-order valence-corrected chi connectivity index (χ1v) is 40.3. The number of nitrogens with zero attached hydrogens (tertiary/aromatic N) is 6. The molecule has 5 aliphatic heterocycles. The summed E-state index contributed by atoms with van der Waals surface area (Å²) >= 11 is -0.782. The lowest BCUT2D eigenvalue weighted by Gasteiger charge is -2.44. The van der Waals surface area contributed by atoms with Gasteiger partial charge in [-0.3, -0.25) is 19.4 Å². The molecule has 5 aromatic rings. The molecule has 3 saturated heterocycles. The number of anilines is 1. The Morgan fingerprint density at radius 3 is 1.50 bits per heavy atom. The van der Waals surface area contributed by atoms with Crippen LogP contribution in [0.3, 0.4) is 0 Å². The summed E-state index contributed by atoms with van der Waals surface area (Å²) in [6.07, 6.45) is -2.62. The van der Waals surface area contributed by atoms with Crippen LogP contribution in [0.2, 0.25) is 0 Å². The van der Waals surface area contributed by atoms with Crippen molar-refractivity contribution in [3.63, 3.8) is 0 Å². The van der Waals surface area contributed by atoms with Crippen LogP contribution in [-0.4, -0.2) is 212 Å². The molecule has 0 radical (unpaired) electrons. The molecule has 10 rings (SSSR count). The molecule has 28 nitrogen and oxygen atoms in total. The number of ketones is 1. The molecule has 0 saturated carbocycles. The highest BCUT2D eigenvalue weighted by Crippen LogP contribution is 2.49. The Bertz CT molecular complexity index is 4550. The lowest BCUT2D eigenvalue weighted by Crippen LogP contribution is -2.53. The lowest BCUT2D eigenvalue weighted by molar-refractivity contribution is -0.440. The zero-order valence-corrected chi connectivity index (χ0v) is 69.8. The van der Waals surface area contributed by atoms with Crippen molar-refractivity contribution in [1.29, 1.82) is 0 Å². The van der Waals surface area contributed by atoms with Gasteiger partial charge in [0, 0.05) is 101 Å². The van der Waals surface area contributed by atoms with Crippen LogP contribution in [-0.2, 0) is 52.3 Å². The fourth-order valence-corrected chi connectivity index (χ4v) is 13.7.